The zero-order chi connectivity index (χ0) is 18.4. The van der Waals surface area contributed by atoms with Gasteiger partial charge in [0.1, 0.15) is 0 Å². The molecule has 3 amide bonds. The second kappa shape index (κ2) is 9.21. The molecule has 1 heterocycles. The van der Waals surface area contributed by atoms with Crippen molar-refractivity contribution in [3.63, 3.8) is 0 Å². The van der Waals surface area contributed by atoms with Crippen LogP contribution in [0.4, 0.5) is 0 Å². The van der Waals surface area contributed by atoms with Gasteiger partial charge in [-0.3, -0.25) is 19.3 Å². The van der Waals surface area contributed by atoms with Crippen LogP contribution in [0.15, 0.2) is 30.3 Å². The Kier molecular flexibility index (Phi) is 6.72. The molecule has 0 spiro atoms. The molecule has 1 aromatic rings. The van der Waals surface area contributed by atoms with Gasteiger partial charge in [-0.15, -0.1) is 0 Å². The van der Waals surface area contributed by atoms with Crippen LogP contribution in [0.3, 0.4) is 0 Å². The fourth-order valence-corrected chi connectivity index (χ4v) is 4.60. The smallest absolute Gasteiger partial charge is 0.233 e. The van der Waals surface area contributed by atoms with Gasteiger partial charge in [0.05, 0.1) is 11.8 Å². The van der Waals surface area contributed by atoms with Crippen LogP contribution in [0, 0.1) is 11.8 Å². The molecule has 1 saturated heterocycles. The minimum atomic E-state index is -0.131. The summed E-state index contributed by atoms with van der Waals surface area (Å²) >= 11 is 1.77. The van der Waals surface area contributed by atoms with E-state index < -0.39 is 0 Å². The molecule has 0 unspecified atom stereocenters. The normalized spacial score (nSPS) is 22.4. The quantitative estimate of drug-likeness (QED) is 0.561. The number of nitrogens with one attached hydrogen (secondary N) is 1. The van der Waals surface area contributed by atoms with Crippen LogP contribution in [0.1, 0.15) is 37.7 Å². The summed E-state index contributed by atoms with van der Waals surface area (Å²) in [7, 11) is 0. The summed E-state index contributed by atoms with van der Waals surface area (Å²) in [5, 5.41) is 2.88. The van der Waals surface area contributed by atoms with Gasteiger partial charge in [-0.2, -0.15) is 11.8 Å². The van der Waals surface area contributed by atoms with E-state index in [-0.39, 0.29) is 42.5 Å². The molecule has 6 heteroatoms. The topological polar surface area (TPSA) is 66.5 Å². The van der Waals surface area contributed by atoms with Gasteiger partial charge >= 0.3 is 0 Å². The van der Waals surface area contributed by atoms with E-state index in [1.54, 1.807) is 11.8 Å². The molecule has 1 saturated carbocycles. The molecule has 1 N–H and O–H groups in total. The zero-order valence-electron chi connectivity index (χ0n) is 15.0. The number of carbonyl (C=O) groups is 3. The predicted octanol–water partition coefficient (Wildman–Crippen LogP) is 2.60. The van der Waals surface area contributed by atoms with Gasteiger partial charge in [0.2, 0.25) is 17.7 Å². The van der Waals surface area contributed by atoms with Gasteiger partial charge < -0.3 is 5.32 Å². The van der Waals surface area contributed by atoms with Gasteiger partial charge in [0.25, 0.3) is 0 Å². The molecular weight excluding hydrogens is 348 g/mol. The van der Waals surface area contributed by atoms with E-state index >= 15 is 0 Å². The third-order valence-electron chi connectivity index (χ3n) is 5.18. The number of fused-ring (bicyclic) bond motifs is 1. The maximum absolute atomic E-state index is 12.4. The lowest BCUT2D eigenvalue weighted by atomic mass is 9.81. The molecule has 2 aliphatic rings. The Morgan fingerprint density at radius 2 is 1.73 bits per heavy atom. The molecule has 0 bridgehead atoms. The van der Waals surface area contributed by atoms with Crippen molar-refractivity contribution in [1.29, 1.82) is 0 Å². The number of nitrogens with zero attached hydrogens (tertiary/aromatic N) is 1. The highest BCUT2D eigenvalue weighted by Crippen LogP contribution is 2.37. The number of carbonyl (C=O) groups excluding carboxylic acids is 3. The van der Waals surface area contributed by atoms with Crippen molar-refractivity contribution in [1.82, 2.24) is 10.2 Å². The van der Waals surface area contributed by atoms with Crippen LogP contribution in [-0.4, -0.2) is 41.5 Å². The Hall–Kier alpha value is -1.82. The van der Waals surface area contributed by atoms with Crippen molar-refractivity contribution >= 4 is 29.5 Å². The van der Waals surface area contributed by atoms with Gasteiger partial charge in [-0.1, -0.05) is 43.2 Å². The third-order valence-corrected chi connectivity index (χ3v) is 6.21. The van der Waals surface area contributed by atoms with Gasteiger partial charge in [-0.05, 0) is 18.4 Å². The lowest BCUT2D eigenvalue weighted by Crippen LogP contribution is -2.36. The van der Waals surface area contributed by atoms with Crippen molar-refractivity contribution in [2.75, 3.05) is 18.8 Å². The van der Waals surface area contributed by atoms with Gasteiger partial charge in [0.15, 0.2) is 0 Å². The molecule has 2 fully saturated rings. The van der Waals surface area contributed by atoms with E-state index in [1.165, 1.54) is 10.5 Å². The highest BCUT2D eigenvalue weighted by atomic mass is 32.2. The minimum absolute atomic E-state index is 0.0640. The monoisotopic (exact) mass is 374 g/mol. The van der Waals surface area contributed by atoms with E-state index in [0.29, 0.717) is 6.54 Å². The predicted molar refractivity (Wildman–Crippen MR) is 102 cm³/mol. The fourth-order valence-electron chi connectivity index (χ4n) is 3.78. The Labute approximate surface area is 158 Å². The number of hydrogen-bond donors (Lipinski definition) is 1. The van der Waals surface area contributed by atoms with Crippen LogP contribution in [-0.2, 0) is 20.1 Å². The van der Waals surface area contributed by atoms with Crippen molar-refractivity contribution in [2.24, 2.45) is 11.8 Å². The number of thioether (sulfide) groups is 1. The van der Waals surface area contributed by atoms with Crippen molar-refractivity contribution < 1.29 is 14.4 Å². The highest BCUT2D eigenvalue weighted by molar-refractivity contribution is 7.98. The molecule has 1 aliphatic heterocycles. The lowest BCUT2D eigenvalue weighted by molar-refractivity contribution is -0.140. The average molecular weight is 375 g/mol. The van der Waals surface area contributed by atoms with E-state index in [1.807, 2.05) is 18.2 Å². The third kappa shape index (κ3) is 4.67. The standard InChI is InChI=1S/C20H26N2O3S/c23-18(21-11-13-26-14-15-6-2-1-3-7-15)10-12-22-19(24)16-8-4-5-9-17(16)20(22)25/h1-3,6-7,16-17H,4-5,8-14H2,(H,21,23)/t16-,17-/m1/s1. The number of benzene rings is 1. The Morgan fingerprint density at radius 3 is 2.38 bits per heavy atom. The van der Waals surface area contributed by atoms with Crippen molar-refractivity contribution in [2.45, 2.75) is 37.9 Å². The summed E-state index contributed by atoms with van der Waals surface area (Å²) in [5.41, 5.74) is 1.27. The lowest BCUT2D eigenvalue weighted by Gasteiger charge is -2.19. The van der Waals surface area contributed by atoms with E-state index in [4.69, 9.17) is 0 Å². The van der Waals surface area contributed by atoms with E-state index in [2.05, 4.69) is 17.4 Å². The first-order valence-electron chi connectivity index (χ1n) is 9.40. The number of rotatable bonds is 8. The fraction of sp³-hybridized carbons (Fsp3) is 0.550. The molecule has 1 aromatic carbocycles. The molecule has 1 aliphatic carbocycles. The molecule has 2 atom stereocenters. The first-order valence-corrected chi connectivity index (χ1v) is 10.6. The zero-order valence-corrected chi connectivity index (χ0v) is 15.8. The van der Waals surface area contributed by atoms with Crippen LogP contribution < -0.4 is 5.32 Å². The number of hydrogen-bond acceptors (Lipinski definition) is 4. The molecular formula is C20H26N2O3S. The Bertz CT molecular complexity index is 626. The van der Waals surface area contributed by atoms with Gasteiger partial charge in [-0.25, -0.2) is 0 Å². The number of likely N-dealkylation sites (tertiary alicyclic amines) is 1. The molecule has 26 heavy (non-hydrogen) atoms. The maximum atomic E-state index is 12.4. The van der Waals surface area contributed by atoms with E-state index in [9.17, 15) is 14.4 Å². The first kappa shape index (κ1) is 19.0. The second-order valence-electron chi connectivity index (χ2n) is 6.96. The molecule has 140 valence electrons. The SMILES string of the molecule is O=C(CCN1C(=O)[C@@H]2CCCC[C@H]2C1=O)NCCSCc1ccccc1. The summed E-state index contributed by atoms with van der Waals surface area (Å²) in [5.74, 6) is 1.28. The molecule has 0 radical (unpaired) electrons. The largest absolute Gasteiger partial charge is 0.355 e. The molecule has 5 nitrogen and oxygen atoms in total. The second-order valence-corrected chi connectivity index (χ2v) is 8.07. The highest BCUT2D eigenvalue weighted by Gasteiger charge is 2.47. The first-order chi connectivity index (χ1) is 12.7. The summed E-state index contributed by atoms with van der Waals surface area (Å²) in [6.07, 6.45) is 3.87. The average Bonchev–Trinajstić information content (AvgIpc) is 2.91. The number of amides is 3. The van der Waals surface area contributed by atoms with Crippen molar-refractivity contribution in [3.8, 4) is 0 Å². The maximum Gasteiger partial charge on any atom is 0.233 e. The minimum Gasteiger partial charge on any atom is -0.355 e. The summed E-state index contributed by atoms with van der Waals surface area (Å²) in [4.78, 5) is 38.0. The van der Waals surface area contributed by atoms with Gasteiger partial charge in [0, 0.05) is 31.0 Å². The van der Waals surface area contributed by atoms with Crippen molar-refractivity contribution in [3.05, 3.63) is 35.9 Å². The summed E-state index contributed by atoms with van der Waals surface area (Å²) < 4.78 is 0. The Morgan fingerprint density at radius 1 is 1.08 bits per heavy atom. The Balaban J connectivity index is 1.32. The van der Waals surface area contributed by atoms with Crippen LogP contribution in [0.25, 0.3) is 0 Å². The molecule has 3 rings (SSSR count). The summed E-state index contributed by atoms with van der Waals surface area (Å²) in [6.45, 7) is 0.817. The molecule has 0 aromatic heterocycles. The van der Waals surface area contributed by atoms with Crippen LogP contribution in [0.5, 0.6) is 0 Å². The van der Waals surface area contributed by atoms with Crippen LogP contribution in [0.2, 0.25) is 0 Å². The van der Waals surface area contributed by atoms with Crippen LogP contribution >= 0.6 is 11.8 Å². The summed E-state index contributed by atoms with van der Waals surface area (Å²) in [6, 6.07) is 10.2. The number of imide groups is 1. The van der Waals surface area contributed by atoms with E-state index in [0.717, 1.165) is 37.2 Å².